The van der Waals surface area contributed by atoms with Gasteiger partial charge >= 0.3 is 5.97 Å². The summed E-state index contributed by atoms with van der Waals surface area (Å²) in [4.78, 5) is 11.8. The van der Waals surface area contributed by atoms with E-state index in [1.54, 1.807) is 10.7 Å². The number of aromatic nitrogens is 2. The molecule has 0 radical (unpaired) electrons. The Labute approximate surface area is 128 Å². The molecule has 0 saturated carbocycles. The molecule has 1 rings (SSSR count). The van der Waals surface area contributed by atoms with Crippen LogP contribution in [0.1, 0.15) is 49.9 Å². The highest BCUT2D eigenvalue weighted by Gasteiger charge is 2.37. The maximum Gasteiger partial charge on any atom is 0.356 e. The van der Waals surface area contributed by atoms with E-state index < -0.39 is 8.32 Å². The Morgan fingerprint density at radius 3 is 2.48 bits per heavy atom. The van der Waals surface area contributed by atoms with E-state index in [-0.39, 0.29) is 17.0 Å². The highest BCUT2D eigenvalue weighted by Crippen LogP contribution is 2.37. The molecule has 1 heterocycles. The van der Waals surface area contributed by atoms with Crippen molar-refractivity contribution in [2.75, 3.05) is 13.7 Å². The standard InChI is InChI=1S/C15H28N2O3Si/c1-11-9-13(14(18)19-6)17(16-11)12(2)10-20-21(7,8)15(3,4)5/h9,12H,10H2,1-8H3/t12-/m0/s1. The largest absolute Gasteiger partial charge is 0.464 e. The fourth-order valence-corrected chi connectivity index (χ4v) is 2.82. The van der Waals surface area contributed by atoms with E-state index in [1.807, 2.05) is 13.8 Å². The van der Waals surface area contributed by atoms with E-state index >= 15 is 0 Å². The number of nitrogens with zero attached hydrogens (tertiary/aromatic N) is 2. The Kier molecular flexibility index (Phi) is 5.39. The molecule has 0 fully saturated rings. The van der Waals surface area contributed by atoms with Crippen LogP contribution >= 0.6 is 0 Å². The van der Waals surface area contributed by atoms with E-state index in [0.717, 1.165) is 5.69 Å². The third kappa shape index (κ3) is 4.17. The number of esters is 1. The van der Waals surface area contributed by atoms with E-state index in [1.165, 1.54) is 7.11 Å². The van der Waals surface area contributed by atoms with Crippen LogP contribution in [-0.2, 0) is 9.16 Å². The minimum absolute atomic E-state index is 0.0121. The molecule has 0 aliphatic heterocycles. The highest BCUT2D eigenvalue weighted by atomic mass is 28.4. The second kappa shape index (κ2) is 6.32. The van der Waals surface area contributed by atoms with Crippen LogP contribution in [0, 0.1) is 6.92 Å². The van der Waals surface area contributed by atoms with Gasteiger partial charge in [0.05, 0.1) is 25.5 Å². The van der Waals surface area contributed by atoms with Crippen molar-refractivity contribution in [3.63, 3.8) is 0 Å². The first kappa shape index (κ1) is 17.9. The van der Waals surface area contributed by atoms with E-state index in [4.69, 9.17) is 9.16 Å². The Morgan fingerprint density at radius 2 is 2.00 bits per heavy atom. The van der Waals surface area contributed by atoms with Crippen LogP contribution in [0.15, 0.2) is 6.07 Å². The molecule has 120 valence electrons. The molecule has 0 bridgehead atoms. The van der Waals surface area contributed by atoms with Crippen LogP contribution in [0.2, 0.25) is 18.1 Å². The monoisotopic (exact) mass is 312 g/mol. The molecule has 21 heavy (non-hydrogen) atoms. The van der Waals surface area contributed by atoms with Gasteiger partial charge in [0.15, 0.2) is 8.32 Å². The summed E-state index contributed by atoms with van der Waals surface area (Å²) in [6.45, 7) is 15.5. The number of methoxy groups -OCH3 is 1. The van der Waals surface area contributed by atoms with Gasteiger partial charge < -0.3 is 9.16 Å². The zero-order valence-corrected chi connectivity index (χ0v) is 15.5. The molecule has 1 aromatic heterocycles. The second-order valence-electron chi connectivity index (χ2n) is 7.03. The first-order valence-electron chi connectivity index (χ1n) is 7.28. The fourth-order valence-electron chi connectivity index (χ4n) is 1.73. The van der Waals surface area contributed by atoms with Crippen molar-refractivity contribution in [1.82, 2.24) is 9.78 Å². The second-order valence-corrected chi connectivity index (χ2v) is 11.8. The maximum absolute atomic E-state index is 11.8. The van der Waals surface area contributed by atoms with Crippen LogP contribution in [0.4, 0.5) is 0 Å². The third-order valence-electron chi connectivity index (χ3n) is 4.16. The van der Waals surface area contributed by atoms with Crippen molar-refractivity contribution in [2.45, 2.75) is 58.8 Å². The Balaban J connectivity index is 2.86. The average molecular weight is 312 g/mol. The van der Waals surface area contributed by atoms with Crippen molar-refractivity contribution in [2.24, 2.45) is 0 Å². The molecule has 0 unspecified atom stereocenters. The number of carbonyl (C=O) groups is 1. The van der Waals surface area contributed by atoms with Gasteiger partial charge in [-0.05, 0) is 38.0 Å². The van der Waals surface area contributed by atoms with Crippen LogP contribution in [0.25, 0.3) is 0 Å². The summed E-state index contributed by atoms with van der Waals surface area (Å²) in [7, 11) is -0.423. The van der Waals surface area contributed by atoms with Gasteiger partial charge in [-0.25, -0.2) is 4.79 Å². The lowest BCUT2D eigenvalue weighted by molar-refractivity contribution is 0.0581. The number of hydrogen-bond donors (Lipinski definition) is 0. The first-order valence-corrected chi connectivity index (χ1v) is 10.2. The van der Waals surface area contributed by atoms with Gasteiger partial charge in [0, 0.05) is 0 Å². The molecule has 0 aromatic carbocycles. The van der Waals surface area contributed by atoms with Crippen molar-refractivity contribution in [3.8, 4) is 0 Å². The lowest BCUT2D eigenvalue weighted by Gasteiger charge is -2.37. The Bertz CT molecular complexity index is 504. The average Bonchev–Trinajstić information content (AvgIpc) is 2.76. The number of carbonyl (C=O) groups excluding carboxylic acids is 1. The van der Waals surface area contributed by atoms with Crippen LogP contribution < -0.4 is 0 Å². The third-order valence-corrected chi connectivity index (χ3v) is 8.66. The van der Waals surface area contributed by atoms with Crippen molar-refractivity contribution in [1.29, 1.82) is 0 Å². The van der Waals surface area contributed by atoms with Crippen molar-refractivity contribution in [3.05, 3.63) is 17.5 Å². The summed E-state index contributed by atoms with van der Waals surface area (Å²) in [5.74, 6) is -0.366. The van der Waals surface area contributed by atoms with Gasteiger partial charge in [0.2, 0.25) is 0 Å². The number of aryl methyl sites for hydroxylation is 1. The first-order chi connectivity index (χ1) is 9.49. The number of hydrogen-bond acceptors (Lipinski definition) is 4. The molecule has 0 N–H and O–H groups in total. The molecule has 0 amide bonds. The van der Waals surface area contributed by atoms with Gasteiger partial charge in [0.1, 0.15) is 5.69 Å². The smallest absolute Gasteiger partial charge is 0.356 e. The molecular weight excluding hydrogens is 284 g/mol. The van der Waals surface area contributed by atoms with Crippen LogP contribution in [0.3, 0.4) is 0 Å². The summed E-state index contributed by atoms with van der Waals surface area (Å²) in [5, 5.41) is 4.56. The minimum atomic E-state index is -1.80. The van der Waals surface area contributed by atoms with E-state index in [2.05, 4.69) is 39.0 Å². The molecule has 0 aliphatic rings. The summed E-state index contributed by atoms with van der Waals surface area (Å²) in [6.07, 6.45) is 0. The Morgan fingerprint density at radius 1 is 1.43 bits per heavy atom. The SMILES string of the molecule is COC(=O)c1cc(C)nn1[C@@H](C)CO[Si](C)(C)C(C)(C)C. The summed E-state index contributed by atoms with van der Waals surface area (Å²) >= 11 is 0. The number of ether oxygens (including phenoxy) is 1. The lowest BCUT2D eigenvalue weighted by Crippen LogP contribution is -2.42. The molecule has 1 aromatic rings. The van der Waals surface area contributed by atoms with E-state index in [0.29, 0.717) is 12.3 Å². The maximum atomic E-state index is 11.8. The highest BCUT2D eigenvalue weighted by molar-refractivity contribution is 6.74. The summed E-state index contributed by atoms with van der Waals surface area (Å²) in [6, 6.07) is 1.73. The molecule has 0 spiro atoms. The van der Waals surface area contributed by atoms with Gasteiger partial charge in [0.25, 0.3) is 0 Å². The van der Waals surface area contributed by atoms with Crippen LogP contribution in [0.5, 0.6) is 0 Å². The predicted octanol–water partition coefficient (Wildman–Crippen LogP) is 3.56. The molecular formula is C15H28N2O3Si. The van der Waals surface area contributed by atoms with Gasteiger partial charge in [-0.2, -0.15) is 5.10 Å². The number of rotatable bonds is 5. The molecule has 5 nitrogen and oxygen atoms in total. The fraction of sp³-hybridized carbons (Fsp3) is 0.733. The van der Waals surface area contributed by atoms with Crippen molar-refractivity contribution < 1.29 is 14.0 Å². The molecule has 0 aliphatic carbocycles. The van der Waals surface area contributed by atoms with Gasteiger partial charge in [-0.3, -0.25) is 4.68 Å². The molecule has 6 heteroatoms. The van der Waals surface area contributed by atoms with Gasteiger partial charge in [-0.15, -0.1) is 0 Å². The quantitative estimate of drug-likeness (QED) is 0.616. The van der Waals surface area contributed by atoms with Gasteiger partial charge in [-0.1, -0.05) is 20.8 Å². The zero-order valence-electron chi connectivity index (χ0n) is 14.5. The lowest BCUT2D eigenvalue weighted by atomic mass is 10.2. The van der Waals surface area contributed by atoms with Crippen molar-refractivity contribution >= 4 is 14.3 Å². The molecule has 0 saturated heterocycles. The predicted molar refractivity (Wildman–Crippen MR) is 86.2 cm³/mol. The topological polar surface area (TPSA) is 53.3 Å². The van der Waals surface area contributed by atoms with Crippen LogP contribution in [-0.4, -0.2) is 37.8 Å². The van der Waals surface area contributed by atoms with E-state index in [9.17, 15) is 4.79 Å². The Hall–Kier alpha value is -1.14. The minimum Gasteiger partial charge on any atom is -0.464 e. The summed E-state index contributed by atoms with van der Waals surface area (Å²) < 4.78 is 12.7. The molecule has 1 atom stereocenters. The summed E-state index contributed by atoms with van der Waals surface area (Å²) in [5.41, 5.74) is 1.27. The zero-order chi connectivity index (χ0) is 16.4. The normalized spacial score (nSPS) is 14.1.